The summed E-state index contributed by atoms with van der Waals surface area (Å²) < 4.78 is 5.21. The van der Waals surface area contributed by atoms with Crippen LogP contribution in [0.25, 0.3) is 0 Å². The van der Waals surface area contributed by atoms with Crippen molar-refractivity contribution in [3.8, 4) is 0 Å². The van der Waals surface area contributed by atoms with E-state index in [0.717, 1.165) is 12.0 Å². The highest BCUT2D eigenvalue weighted by atomic mass is 35.5. The van der Waals surface area contributed by atoms with E-state index >= 15 is 0 Å². The summed E-state index contributed by atoms with van der Waals surface area (Å²) in [6, 6.07) is 15.2. The van der Waals surface area contributed by atoms with Crippen molar-refractivity contribution in [1.82, 2.24) is 0 Å². The smallest absolute Gasteiger partial charge is 0.312 e. The average Bonchev–Trinajstić information content (AvgIpc) is 2.66. The van der Waals surface area contributed by atoms with Gasteiger partial charge in [-0.1, -0.05) is 68.8 Å². The molecule has 27 heavy (non-hydrogen) atoms. The van der Waals surface area contributed by atoms with Crippen molar-refractivity contribution in [2.45, 2.75) is 52.1 Å². The molecule has 0 bridgehead atoms. The van der Waals surface area contributed by atoms with Crippen molar-refractivity contribution in [1.29, 1.82) is 0 Å². The van der Waals surface area contributed by atoms with Crippen LogP contribution >= 0.6 is 11.6 Å². The minimum Gasteiger partial charge on any atom is -0.466 e. The fraction of sp³-hybridized carbons (Fsp3) is 0.435. The second-order valence-electron chi connectivity index (χ2n) is 7.50. The fourth-order valence-corrected chi connectivity index (χ4v) is 3.24. The first-order valence-electron chi connectivity index (χ1n) is 9.48. The minimum atomic E-state index is -0.977. The Morgan fingerprint density at radius 1 is 1.15 bits per heavy atom. The lowest BCUT2D eigenvalue weighted by Crippen LogP contribution is -2.27. The summed E-state index contributed by atoms with van der Waals surface area (Å²) in [6.07, 6.45) is 0.472. The molecule has 0 aliphatic heterocycles. The van der Waals surface area contributed by atoms with Crippen LogP contribution in [0.2, 0.25) is 5.02 Å². The normalized spacial score (nSPS) is 13.9. The Hall–Kier alpha value is -1.84. The number of aliphatic hydroxyl groups is 1. The van der Waals surface area contributed by atoms with Crippen LogP contribution in [0.5, 0.6) is 0 Å². The van der Waals surface area contributed by atoms with Crippen molar-refractivity contribution in [3.63, 3.8) is 0 Å². The van der Waals surface area contributed by atoms with Gasteiger partial charge in [0, 0.05) is 5.02 Å². The molecule has 2 rings (SSSR count). The van der Waals surface area contributed by atoms with Gasteiger partial charge in [0.05, 0.1) is 18.6 Å². The molecule has 0 aliphatic carbocycles. The van der Waals surface area contributed by atoms with E-state index in [0.29, 0.717) is 17.0 Å². The van der Waals surface area contributed by atoms with Crippen LogP contribution in [0.3, 0.4) is 0 Å². The number of hydrogen-bond acceptors (Lipinski definition) is 3. The minimum absolute atomic E-state index is 0.110. The van der Waals surface area contributed by atoms with Gasteiger partial charge in [-0.15, -0.1) is 0 Å². The largest absolute Gasteiger partial charge is 0.466 e. The number of carbonyl (C=O) groups excluding carboxylic acids is 1. The van der Waals surface area contributed by atoms with Gasteiger partial charge in [-0.05, 0) is 54.0 Å². The zero-order chi connectivity index (χ0) is 20.0. The highest BCUT2D eigenvalue weighted by Crippen LogP contribution is 2.30. The molecule has 0 aromatic heterocycles. The maximum atomic E-state index is 12.5. The van der Waals surface area contributed by atoms with Crippen LogP contribution in [0.1, 0.15) is 56.9 Å². The number of ether oxygens (including phenoxy) is 1. The highest BCUT2D eigenvalue weighted by molar-refractivity contribution is 6.30. The van der Waals surface area contributed by atoms with Crippen LogP contribution < -0.4 is 0 Å². The molecular weight excluding hydrogens is 360 g/mol. The van der Waals surface area contributed by atoms with E-state index in [1.165, 1.54) is 5.56 Å². The van der Waals surface area contributed by atoms with Gasteiger partial charge in [-0.3, -0.25) is 4.79 Å². The summed E-state index contributed by atoms with van der Waals surface area (Å²) in [6.45, 7) is 8.65. The zero-order valence-electron chi connectivity index (χ0n) is 16.5. The van der Waals surface area contributed by atoms with Gasteiger partial charge in [0.15, 0.2) is 0 Å². The molecule has 0 heterocycles. The third kappa shape index (κ3) is 5.57. The molecule has 0 amide bonds. The summed E-state index contributed by atoms with van der Waals surface area (Å²) in [5.74, 6) is -1.09. The first-order valence-corrected chi connectivity index (χ1v) is 9.86. The molecule has 0 saturated heterocycles. The number of benzene rings is 2. The second kappa shape index (κ2) is 9.38. The van der Waals surface area contributed by atoms with E-state index in [1.807, 2.05) is 12.1 Å². The van der Waals surface area contributed by atoms with Crippen molar-refractivity contribution in [2.24, 2.45) is 5.92 Å². The van der Waals surface area contributed by atoms with Crippen LogP contribution in [0.15, 0.2) is 48.5 Å². The van der Waals surface area contributed by atoms with Crippen LogP contribution in [-0.4, -0.2) is 17.7 Å². The number of carbonyl (C=O) groups is 1. The van der Waals surface area contributed by atoms with E-state index in [1.54, 1.807) is 31.2 Å². The lowest BCUT2D eigenvalue weighted by Gasteiger charge is -2.25. The Morgan fingerprint density at radius 2 is 1.81 bits per heavy atom. The molecular formula is C23H29ClO3. The van der Waals surface area contributed by atoms with Gasteiger partial charge in [-0.2, -0.15) is 0 Å². The summed E-state index contributed by atoms with van der Waals surface area (Å²) in [7, 11) is 0. The average molecular weight is 389 g/mol. The number of rotatable bonds is 8. The predicted octanol–water partition coefficient (Wildman–Crippen LogP) is 5.48. The lowest BCUT2D eigenvalue weighted by molar-refractivity contribution is -0.152. The van der Waals surface area contributed by atoms with Crippen LogP contribution in [-0.2, 0) is 21.4 Å². The molecule has 2 aromatic rings. The summed E-state index contributed by atoms with van der Waals surface area (Å²) in [5.41, 5.74) is 2.98. The molecule has 1 N–H and O–H groups in total. The molecule has 3 nitrogen and oxygen atoms in total. The van der Waals surface area contributed by atoms with Gasteiger partial charge in [0.1, 0.15) is 0 Å². The lowest BCUT2D eigenvalue weighted by atomic mass is 9.81. The van der Waals surface area contributed by atoms with Gasteiger partial charge < -0.3 is 9.84 Å². The molecule has 0 radical (unpaired) electrons. The van der Waals surface area contributed by atoms with Gasteiger partial charge in [0.2, 0.25) is 0 Å². The summed E-state index contributed by atoms with van der Waals surface area (Å²) in [4.78, 5) is 12.5. The van der Waals surface area contributed by atoms with Crippen LogP contribution in [0.4, 0.5) is 0 Å². The summed E-state index contributed by atoms with van der Waals surface area (Å²) >= 11 is 6.04. The number of hydrogen-bond donors (Lipinski definition) is 1. The molecule has 0 spiro atoms. The third-order valence-electron chi connectivity index (χ3n) is 5.24. The van der Waals surface area contributed by atoms with Crippen molar-refractivity contribution in [2.75, 3.05) is 6.61 Å². The summed E-state index contributed by atoms with van der Waals surface area (Å²) in [5, 5.41) is 11.4. The molecule has 2 atom stereocenters. The van der Waals surface area contributed by atoms with E-state index < -0.39 is 18.0 Å². The first kappa shape index (κ1) is 21.5. The molecule has 146 valence electrons. The zero-order valence-corrected chi connectivity index (χ0v) is 17.3. The second-order valence-corrected chi connectivity index (χ2v) is 7.93. The Morgan fingerprint density at radius 3 is 2.37 bits per heavy atom. The SMILES string of the molecule is CCOC(=O)C(Cc1ccc(C(C)(C)CC)cc1)C(O)c1cccc(Cl)c1. The van der Waals surface area contributed by atoms with Crippen molar-refractivity contribution in [3.05, 3.63) is 70.2 Å². The van der Waals surface area contributed by atoms with E-state index in [-0.39, 0.29) is 12.0 Å². The van der Waals surface area contributed by atoms with Gasteiger partial charge in [-0.25, -0.2) is 0 Å². The van der Waals surface area contributed by atoms with Gasteiger partial charge >= 0.3 is 5.97 Å². The monoisotopic (exact) mass is 388 g/mol. The molecule has 0 saturated carbocycles. The Labute approximate surface area is 167 Å². The Balaban J connectivity index is 2.26. The number of aliphatic hydroxyl groups excluding tert-OH is 1. The quantitative estimate of drug-likeness (QED) is 0.609. The van der Waals surface area contributed by atoms with E-state index in [4.69, 9.17) is 16.3 Å². The third-order valence-corrected chi connectivity index (χ3v) is 5.47. The predicted molar refractivity (Wildman–Crippen MR) is 110 cm³/mol. The topological polar surface area (TPSA) is 46.5 Å². The Bertz CT molecular complexity index is 752. The van der Waals surface area contributed by atoms with Crippen molar-refractivity contribution < 1.29 is 14.6 Å². The van der Waals surface area contributed by atoms with Crippen LogP contribution in [0, 0.1) is 5.92 Å². The van der Waals surface area contributed by atoms with Gasteiger partial charge in [0.25, 0.3) is 0 Å². The standard InChI is InChI=1S/C23H29ClO3/c1-5-23(3,4)18-12-10-16(11-13-18)14-20(22(26)27-6-2)21(25)17-8-7-9-19(24)15-17/h7-13,15,20-21,25H,5-6,14H2,1-4H3. The fourth-order valence-electron chi connectivity index (χ4n) is 3.05. The van der Waals surface area contributed by atoms with E-state index in [2.05, 4.69) is 32.9 Å². The highest BCUT2D eigenvalue weighted by Gasteiger charge is 2.30. The van der Waals surface area contributed by atoms with Crippen molar-refractivity contribution >= 4 is 17.6 Å². The molecule has 2 unspecified atom stereocenters. The van der Waals surface area contributed by atoms with E-state index in [9.17, 15) is 9.90 Å². The molecule has 2 aromatic carbocycles. The maximum absolute atomic E-state index is 12.5. The molecule has 0 fully saturated rings. The Kier molecular flexibility index (Phi) is 7.46. The molecule has 4 heteroatoms. The number of esters is 1. The first-order chi connectivity index (χ1) is 12.8. The maximum Gasteiger partial charge on any atom is 0.312 e. The number of halogens is 1. The molecule has 0 aliphatic rings.